The first-order chi connectivity index (χ1) is 15.8. The quantitative estimate of drug-likeness (QED) is 0.544. The lowest BCUT2D eigenvalue weighted by Gasteiger charge is -2.38. The van der Waals surface area contributed by atoms with Crippen LogP contribution in [0.5, 0.6) is 0 Å². The Labute approximate surface area is 196 Å². The van der Waals surface area contributed by atoms with E-state index >= 15 is 0 Å². The maximum atomic E-state index is 13.3. The number of carboxylic acids is 1. The van der Waals surface area contributed by atoms with Crippen molar-refractivity contribution in [1.29, 1.82) is 0 Å². The van der Waals surface area contributed by atoms with Gasteiger partial charge in [-0.3, -0.25) is 4.90 Å². The third kappa shape index (κ3) is 4.54. The van der Waals surface area contributed by atoms with Crippen molar-refractivity contribution in [3.05, 3.63) is 71.3 Å². The van der Waals surface area contributed by atoms with Gasteiger partial charge in [0.25, 0.3) is 0 Å². The van der Waals surface area contributed by atoms with E-state index in [0.717, 1.165) is 28.7 Å². The highest BCUT2D eigenvalue weighted by molar-refractivity contribution is 5.81. The van der Waals surface area contributed by atoms with Crippen molar-refractivity contribution in [3.63, 3.8) is 0 Å². The van der Waals surface area contributed by atoms with Gasteiger partial charge in [0.1, 0.15) is 12.6 Å². The maximum Gasteiger partial charge on any atom is 0.410 e. The Bertz CT molecular complexity index is 1030. The van der Waals surface area contributed by atoms with E-state index in [4.69, 9.17) is 4.74 Å². The molecule has 2 aromatic rings. The van der Waals surface area contributed by atoms with Gasteiger partial charge in [0, 0.05) is 12.0 Å². The molecule has 1 N–H and O–H groups in total. The Morgan fingerprint density at radius 2 is 1.64 bits per heavy atom. The summed E-state index contributed by atoms with van der Waals surface area (Å²) in [6.07, 6.45) is 3.07. The van der Waals surface area contributed by atoms with Gasteiger partial charge < -0.3 is 9.84 Å². The molecular formula is C28H33NO4. The van der Waals surface area contributed by atoms with E-state index in [0.29, 0.717) is 12.3 Å². The lowest BCUT2D eigenvalue weighted by Crippen LogP contribution is -2.53. The molecule has 0 radical (unpaired) electrons. The molecule has 0 fully saturated rings. The molecule has 1 amide bonds. The summed E-state index contributed by atoms with van der Waals surface area (Å²) >= 11 is 0. The molecule has 33 heavy (non-hydrogen) atoms. The molecule has 0 spiro atoms. The Kier molecular flexibility index (Phi) is 6.59. The van der Waals surface area contributed by atoms with Crippen LogP contribution in [-0.2, 0) is 9.53 Å². The summed E-state index contributed by atoms with van der Waals surface area (Å²) in [5, 5.41) is 10.1. The molecule has 0 bridgehead atoms. The van der Waals surface area contributed by atoms with E-state index in [9.17, 15) is 14.7 Å². The first-order valence-corrected chi connectivity index (χ1v) is 11.8. The van der Waals surface area contributed by atoms with Crippen LogP contribution < -0.4 is 0 Å². The zero-order chi connectivity index (χ0) is 23.7. The number of carbonyl (C=O) groups is 2. The summed E-state index contributed by atoms with van der Waals surface area (Å²) in [4.78, 5) is 27.2. The molecule has 5 nitrogen and oxygen atoms in total. The van der Waals surface area contributed by atoms with Gasteiger partial charge >= 0.3 is 12.1 Å². The van der Waals surface area contributed by atoms with Crippen LogP contribution in [0, 0.1) is 11.8 Å². The number of benzene rings is 2. The van der Waals surface area contributed by atoms with Crippen LogP contribution in [0.25, 0.3) is 11.1 Å². The van der Waals surface area contributed by atoms with Crippen molar-refractivity contribution in [2.45, 2.75) is 58.5 Å². The Balaban J connectivity index is 1.56. The normalized spacial score (nSPS) is 20.6. The predicted octanol–water partition coefficient (Wildman–Crippen LogP) is 6.09. The molecular weight excluding hydrogens is 414 g/mol. The van der Waals surface area contributed by atoms with Gasteiger partial charge in [0.2, 0.25) is 0 Å². The molecule has 0 saturated heterocycles. The van der Waals surface area contributed by atoms with Crippen molar-refractivity contribution in [2.75, 3.05) is 6.61 Å². The molecule has 3 unspecified atom stereocenters. The number of carbonyl (C=O) groups excluding carboxylic acids is 1. The minimum atomic E-state index is -0.968. The standard InChI is InChI=1S/C28H33NO4/c1-17(2)29(26(27(30)31)20-14-18(3)13-19(4)15-20)28(32)33-16-25-23-11-7-5-9-21(23)22-10-6-8-12-24(22)25/h5-13,17-18,20,25-26H,14-16H2,1-4H3,(H,30,31). The van der Waals surface area contributed by atoms with E-state index in [1.54, 1.807) is 0 Å². The summed E-state index contributed by atoms with van der Waals surface area (Å²) in [5.74, 6) is -0.866. The first-order valence-electron chi connectivity index (χ1n) is 11.8. The summed E-state index contributed by atoms with van der Waals surface area (Å²) in [7, 11) is 0. The summed E-state index contributed by atoms with van der Waals surface area (Å²) in [6, 6.07) is 15.2. The minimum absolute atomic E-state index is 0.0569. The number of allylic oxidation sites excluding steroid dienone is 2. The second kappa shape index (κ2) is 9.42. The molecule has 2 aliphatic rings. The smallest absolute Gasteiger partial charge is 0.410 e. The van der Waals surface area contributed by atoms with Crippen LogP contribution in [0.2, 0.25) is 0 Å². The zero-order valence-electron chi connectivity index (χ0n) is 19.8. The van der Waals surface area contributed by atoms with Crippen molar-refractivity contribution in [3.8, 4) is 11.1 Å². The Morgan fingerprint density at radius 1 is 1.06 bits per heavy atom. The number of hydrogen-bond acceptors (Lipinski definition) is 3. The fraction of sp³-hybridized carbons (Fsp3) is 0.429. The number of rotatable bonds is 6. The van der Waals surface area contributed by atoms with Crippen LogP contribution in [0.3, 0.4) is 0 Å². The highest BCUT2D eigenvalue weighted by atomic mass is 16.6. The summed E-state index contributed by atoms with van der Waals surface area (Å²) in [6.45, 7) is 8.03. The molecule has 2 aromatic carbocycles. The number of hydrogen-bond donors (Lipinski definition) is 1. The van der Waals surface area contributed by atoms with Crippen LogP contribution >= 0.6 is 0 Å². The molecule has 0 aliphatic heterocycles. The molecule has 0 aromatic heterocycles. The number of aliphatic carboxylic acids is 1. The molecule has 0 saturated carbocycles. The van der Waals surface area contributed by atoms with Crippen LogP contribution in [0.4, 0.5) is 4.79 Å². The van der Waals surface area contributed by atoms with Gasteiger partial charge in [-0.2, -0.15) is 0 Å². The van der Waals surface area contributed by atoms with Crippen LogP contribution in [0.1, 0.15) is 57.6 Å². The zero-order valence-corrected chi connectivity index (χ0v) is 19.8. The van der Waals surface area contributed by atoms with Gasteiger partial charge in [-0.15, -0.1) is 0 Å². The highest BCUT2D eigenvalue weighted by Crippen LogP contribution is 2.44. The molecule has 4 rings (SSSR count). The summed E-state index contributed by atoms with van der Waals surface area (Å²) < 4.78 is 5.85. The SMILES string of the molecule is CC1=CC(C)CC(C(C(=O)O)N(C(=O)OCC2c3ccccc3-c3ccccc32)C(C)C)C1. The first kappa shape index (κ1) is 23.1. The number of nitrogens with zero attached hydrogens (tertiary/aromatic N) is 1. The van der Waals surface area contributed by atoms with Crippen molar-refractivity contribution in [2.24, 2.45) is 11.8 Å². The topological polar surface area (TPSA) is 66.8 Å². The Hall–Kier alpha value is -3.08. The van der Waals surface area contributed by atoms with Crippen molar-refractivity contribution >= 4 is 12.1 Å². The van der Waals surface area contributed by atoms with Crippen molar-refractivity contribution < 1.29 is 19.4 Å². The second-order valence-electron chi connectivity index (χ2n) is 9.78. The van der Waals surface area contributed by atoms with Gasteiger partial charge in [-0.1, -0.05) is 67.1 Å². The summed E-state index contributed by atoms with van der Waals surface area (Å²) in [5.41, 5.74) is 5.79. The Morgan fingerprint density at radius 3 is 2.15 bits per heavy atom. The highest BCUT2D eigenvalue weighted by Gasteiger charge is 2.41. The van der Waals surface area contributed by atoms with Gasteiger partial charge in [0.05, 0.1) is 0 Å². The van der Waals surface area contributed by atoms with E-state index in [2.05, 4.69) is 37.3 Å². The monoisotopic (exact) mass is 447 g/mol. The minimum Gasteiger partial charge on any atom is -0.480 e. The third-order valence-corrected chi connectivity index (χ3v) is 6.93. The fourth-order valence-corrected chi connectivity index (χ4v) is 5.70. The van der Waals surface area contributed by atoms with E-state index in [1.807, 2.05) is 45.0 Å². The van der Waals surface area contributed by atoms with E-state index in [-0.39, 0.29) is 24.5 Å². The van der Waals surface area contributed by atoms with Crippen LogP contribution in [0.15, 0.2) is 60.2 Å². The average molecular weight is 448 g/mol. The lowest BCUT2D eigenvalue weighted by atomic mass is 9.79. The number of amides is 1. The van der Waals surface area contributed by atoms with Crippen LogP contribution in [-0.4, -0.2) is 40.8 Å². The van der Waals surface area contributed by atoms with Crippen molar-refractivity contribution in [1.82, 2.24) is 4.90 Å². The molecule has 2 aliphatic carbocycles. The van der Waals surface area contributed by atoms with Gasteiger partial charge in [-0.05, 0) is 67.7 Å². The van der Waals surface area contributed by atoms with E-state index < -0.39 is 18.1 Å². The van der Waals surface area contributed by atoms with Gasteiger partial charge in [-0.25, -0.2) is 9.59 Å². The van der Waals surface area contributed by atoms with E-state index in [1.165, 1.54) is 10.5 Å². The number of ether oxygens (including phenoxy) is 1. The molecule has 174 valence electrons. The number of fused-ring (bicyclic) bond motifs is 3. The molecule has 0 heterocycles. The number of carboxylic acid groups (broad SMARTS) is 1. The molecule has 5 heteroatoms. The predicted molar refractivity (Wildman–Crippen MR) is 129 cm³/mol. The molecule has 3 atom stereocenters. The lowest BCUT2D eigenvalue weighted by molar-refractivity contribution is -0.146. The van der Waals surface area contributed by atoms with Gasteiger partial charge in [0.15, 0.2) is 0 Å². The largest absolute Gasteiger partial charge is 0.480 e. The third-order valence-electron chi connectivity index (χ3n) is 6.93. The average Bonchev–Trinajstić information content (AvgIpc) is 3.08. The maximum absolute atomic E-state index is 13.3. The fourth-order valence-electron chi connectivity index (χ4n) is 5.70. The second-order valence-corrected chi connectivity index (χ2v) is 9.78.